The predicted molar refractivity (Wildman–Crippen MR) is 59.2 cm³/mol. The zero-order valence-corrected chi connectivity index (χ0v) is 9.21. The average Bonchev–Trinajstić information content (AvgIpc) is 2.87. The Kier molecular flexibility index (Phi) is 2.32. The van der Waals surface area contributed by atoms with Crippen LogP contribution in [-0.2, 0) is 0 Å². The Morgan fingerprint density at radius 2 is 2.06 bits per heavy atom. The quantitative estimate of drug-likeness (QED) is 0.850. The molecule has 0 fully saturated rings. The number of para-hydroxylation sites is 2. The Labute approximate surface area is 97.6 Å². The molecule has 1 aromatic heterocycles. The molecule has 1 N–H and O–H groups in total. The summed E-state index contributed by atoms with van der Waals surface area (Å²) in [6.45, 7) is 0.363. The van der Waals surface area contributed by atoms with E-state index in [4.69, 9.17) is 13.9 Å². The summed E-state index contributed by atoms with van der Waals surface area (Å²) in [7, 11) is 1.71. The molecule has 6 heteroatoms. The van der Waals surface area contributed by atoms with E-state index in [1.807, 2.05) is 24.3 Å². The van der Waals surface area contributed by atoms with Gasteiger partial charge in [-0.3, -0.25) is 0 Å². The van der Waals surface area contributed by atoms with E-state index >= 15 is 0 Å². The zero-order chi connectivity index (χ0) is 11.7. The van der Waals surface area contributed by atoms with Gasteiger partial charge < -0.3 is 19.2 Å². The van der Waals surface area contributed by atoms with E-state index in [1.54, 1.807) is 7.05 Å². The van der Waals surface area contributed by atoms with E-state index in [9.17, 15) is 0 Å². The minimum atomic E-state index is -0.362. The molecule has 6 nitrogen and oxygen atoms in total. The molecule has 0 saturated heterocycles. The molecule has 1 aromatic carbocycles. The van der Waals surface area contributed by atoms with Gasteiger partial charge in [-0.05, 0) is 12.1 Å². The third kappa shape index (κ3) is 1.77. The highest BCUT2D eigenvalue weighted by atomic mass is 16.6. The van der Waals surface area contributed by atoms with Gasteiger partial charge in [0.1, 0.15) is 6.61 Å². The van der Waals surface area contributed by atoms with E-state index in [1.165, 1.54) is 0 Å². The van der Waals surface area contributed by atoms with E-state index < -0.39 is 0 Å². The first-order chi connectivity index (χ1) is 8.36. The van der Waals surface area contributed by atoms with Gasteiger partial charge in [0.25, 0.3) is 5.89 Å². The van der Waals surface area contributed by atoms with Crippen LogP contribution in [0.1, 0.15) is 12.0 Å². The molecule has 1 unspecified atom stereocenters. The standard InChI is InChI=1S/C11H11N3O3/c1-12-11-14-13-10(17-11)9-6-15-7-4-2-3-5-8(7)16-9/h2-5,9H,6H2,1H3,(H,12,14). The lowest BCUT2D eigenvalue weighted by molar-refractivity contribution is 0.0717. The van der Waals surface area contributed by atoms with Gasteiger partial charge in [0.15, 0.2) is 11.5 Å². The number of hydrogen-bond donors (Lipinski definition) is 1. The Morgan fingerprint density at radius 1 is 1.24 bits per heavy atom. The fourth-order valence-corrected chi connectivity index (χ4v) is 1.61. The average molecular weight is 233 g/mol. The van der Waals surface area contributed by atoms with Crippen molar-refractivity contribution in [3.8, 4) is 11.5 Å². The number of ether oxygens (including phenoxy) is 2. The maximum Gasteiger partial charge on any atom is 0.315 e. The lowest BCUT2D eigenvalue weighted by Crippen LogP contribution is -2.21. The molecule has 1 aliphatic heterocycles. The lowest BCUT2D eigenvalue weighted by Gasteiger charge is -2.23. The summed E-state index contributed by atoms with van der Waals surface area (Å²) in [5.41, 5.74) is 0. The van der Waals surface area contributed by atoms with Crippen LogP contribution in [0.3, 0.4) is 0 Å². The summed E-state index contributed by atoms with van der Waals surface area (Å²) in [5.74, 6) is 1.83. The number of hydrogen-bond acceptors (Lipinski definition) is 6. The van der Waals surface area contributed by atoms with Crippen LogP contribution in [0.2, 0.25) is 0 Å². The summed E-state index contributed by atoms with van der Waals surface area (Å²) >= 11 is 0. The Morgan fingerprint density at radius 3 is 2.82 bits per heavy atom. The zero-order valence-electron chi connectivity index (χ0n) is 9.21. The Balaban J connectivity index is 1.84. The third-order valence-electron chi connectivity index (χ3n) is 2.44. The van der Waals surface area contributed by atoms with E-state index in [0.717, 1.165) is 5.75 Å². The van der Waals surface area contributed by atoms with Gasteiger partial charge in [0, 0.05) is 7.05 Å². The number of benzene rings is 1. The van der Waals surface area contributed by atoms with Gasteiger partial charge in [0.2, 0.25) is 6.10 Å². The molecule has 0 bridgehead atoms. The smallest absolute Gasteiger partial charge is 0.315 e. The van der Waals surface area contributed by atoms with Crippen molar-refractivity contribution < 1.29 is 13.9 Å². The number of aromatic nitrogens is 2. The van der Waals surface area contributed by atoms with Crippen molar-refractivity contribution in [3.05, 3.63) is 30.2 Å². The first-order valence-electron chi connectivity index (χ1n) is 5.26. The van der Waals surface area contributed by atoms with Gasteiger partial charge in [-0.15, -0.1) is 5.10 Å². The second-order valence-corrected chi connectivity index (χ2v) is 3.56. The van der Waals surface area contributed by atoms with Gasteiger partial charge in [-0.2, -0.15) is 0 Å². The molecule has 1 atom stereocenters. The molecule has 0 aliphatic carbocycles. The van der Waals surface area contributed by atoms with Crippen LogP contribution in [0.5, 0.6) is 11.5 Å². The van der Waals surface area contributed by atoms with Crippen molar-refractivity contribution in [1.82, 2.24) is 10.2 Å². The molecule has 2 aromatic rings. The maximum atomic E-state index is 5.73. The number of rotatable bonds is 2. The van der Waals surface area contributed by atoms with Crippen LogP contribution >= 0.6 is 0 Å². The molecular weight excluding hydrogens is 222 g/mol. The highest BCUT2D eigenvalue weighted by Gasteiger charge is 2.26. The molecule has 2 heterocycles. The SMILES string of the molecule is CNc1nnc(C2COc3ccccc3O2)o1. The third-order valence-corrected chi connectivity index (χ3v) is 2.44. The molecule has 17 heavy (non-hydrogen) atoms. The lowest BCUT2D eigenvalue weighted by atomic mass is 10.2. The van der Waals surface area contributed by atoms with Crippen molar-refractivity contribution in [2.45, 2.75) is 6.10 Å². The van der Waals surface area contributed by atoms with Gasteiger partial charge in [0.05, 0.1) is 0 Å². The summed E-state index contributed by atoms with van der Waals surface area (Å²) in [6, 6.07) is 7.85. The molecule has 0 spiro atoms. The largest absolute Gasteiger partial charge is 0.485 e. The molecule has 3 rings (SSSR count). The van der Waals surface area contributed by atoms with Crippen LogP contribution in [0.15, 0.2) is 28.7 Å². The highest BCUT2D eigenvalue weighted by molar-refractivity contribution is 5.40. The fraction of sp³-hybridized carbons (Fsp3) is 0.273. The van der Waals surface area contributed by atoms with Crippen molar-refractivity contribution >= 4 is 6.01 Å². The molecular formula is C11H11N3O3. The molecule has 0 saturated carbocycles. The van der Waals surface area contributed by atoms with Crippen LogP contribution in [0.4, 0.5) is 6.01 Å². The number of nitrogens with one attached hydrogen (secondary N) is 1. The summed E-state index contributed by atoms with van der Waals surface area (Å²) in [4.78, 5) is 0. The second-order valence-electron chi connectivity index (χ2n) is 3.56. The van der Waals surface area contributed by atoms with E-state index in [-0.39, 0.29) is 6.10 Å². The van der Waals surface area contributed by atoms with Gasteiger partial charge in [-0.25, -0.2) is 0 Å². The minimum absolute atomic E-state index is 0.362. The van der Waals surface area contributed by atoms with Crippen molar-refractivity contribution in [3.63, 3.8) is 0 Å². The monoisotopic (exact) mass is 233 g/mol. The first-order valence-corrected chi connectivity index (χ1v) is 5.26. The molecule has 88 valence electrons. The summed E-state index contributed by atoms with van der Waals surface area (Å²) in [5, 5.41) is 10.5. The van der Waals surface area contributed by atoms with Crippen LogP contribution in [-0.4, -0.2) is 23.9 Å². The normalized spacial score (nSPS) is 17.8. The summed E-state index contributed by atoms with van der Waals surface area (Å²) < 4.78 is 16.6. The van der Waals surface area contributed by atoms with Crippen LogP contribution in [0.25, 0.3) is 0 Å². The molecule has 1 aliphatic rings. The molecule has 0 radical (unpaired) electrons. The maximum absolute atomic E-state index is 5.73. The number of anilines is 1. The van der Waals surface area contributed by atoms with Crippen molar-refractivity contribution in [1.29, 1.82) is 0 Å². The Bertz CT molecular complexity index is 526. The van der Waals surface area contributed by atoms with Crippen molar-refractivity contribution in [2.24, 2.45) is 0 Å². The van der Waals surface area contributed by atoms with Gasteiger partial charge in [-0.1, -0.05) is 17.2 Å². The number of fused-ring (bicyclic) bond motifs is 1. The molecule has 0 amide bonds. The predicted octanol–water partition coefficient (Wildman–Crippen LogP) is 1.62. The summed E-state index contributed by atoms with van der Waals surface area (Å²) in [6.07, 6.45) is -0.362. The number of nitrogens with zero attached hydrogens (tertiary/aromatic N) is 2. The van der Waals surface area contributed by atoms with E-state index in [0.29, 0.717) is 24.3 Å². The first kappa shape index (κ1) is 9.95. The van der Waals surface area contributed by atoms with Crippen molar-refractivity contribution in [2.75, 3.05) is 19.0 Å². The highest BCUT2D eigenvalue weighted by Crippen LogP contribution is 2.35. The fourth-order valence-electron chi connectivity index (χ4n) is 1.61. The Hall–Kier alpha value is -2.24. The van der Waals surface area contributed by atoms with Crippen LogP contribution < -0.4 is 14.8 Å². The van der Waals surface area contributed by atoms with Crippen LogP contribution in [0, 0.1) is 0 Å². The van der Waals surface area contributed by atoms with E-state index in [2.05, 4.69) is 15.5 Å². The second kappa shape index (κ2) is 3.97. The van der Waals surface area contributed by atoms with Gasteiger partial charge >= 0.3 is 6.01 Å². The minimum Gasteiger partial charge on any atom is -0.485 e. The topological polar surface area (TPSA) is 69.4 Å².